The van der Waals surface area contributed by atoms with E-state index in [2.05, 4.69) is 37.9 Å². The third-order valence-corrected chi connectivity index (χ3v) is 3.05. The molecular formula is C7H8BrN5S. The Morgan fingerprint density at radius 2 is 2.36 bits per heavy atom. The summed E-state index contributed by atoms with van der Waals surface area (Å²) in [7, 11) is 0. The molecule has 5 nitrogen and oxygen atoms in total. The summed E-state index contributed by atoms with van der Waals surface area (Å²) in [6.07, 6.45) is 0.915. The number of halogens is 1. The van der Waals surface area contributed by atoms with Crippen LogP contribution in [0.15, 0.2) is 10.1 Å². The van der Waals surface area contributed by atoms with Gasteiger partial charge in [-0.15, -0.1) is 16.4 Å². The SMILES string of the molecule is CCc1csc(-n2nc(N)nc2Br)n1. The third-order valence-electron chi connectivity index (χ3n) is 1.67. The highest BCUT2D eigenvalue weighted by Gasteiger charge is 2.10. The van der Waals surface area contributed by atoms with Crippen molar-refractivity contribution in [2.45, 2.75) is 13.3 Å². The number of thiazole rings is 1. The number of aromatic nitrogens is 4. The third kappa shape index (κ3) is 1.64. The van der Waals surface area contributed by atoms with Crippen molar-refractivity contribution in [1.82, 2.24) is 19.7 Å². The van der Waals surface area contributed by atoms with Gasteiger partial charge in [0.25, 0.3) is 0 Å². The van der Waals surface area contributed by atoms with Crippen LogP contribution in [-0.2, 0) is 6.42 Å². The maximum absolute atomic E-state index is 5.46. The van der Waals surface area contributed by atoms with E-state index in [0.717, 1.165) is 17.2 Å². The summed E-state index contributed by atoms with van der Waals surface area (Å²) in [4.78, 5) is 8.30. The molecule has 0 radical (unpaired) electrons. The van der Waals surface area contributed by atoms with Crippen LogP contribution in [0, 0.1) is 0 Å². The number of nitrogens with two attached hydrogens (primary N) is 1. The zero-order valence-corrected chi connectivity index (χ0v) is 9.84. The second-order valence-electron chi connectivity index (χ2n) is 2.63. The lowest BCUT2D eigenvalue weighted by Gasteiger charge is -1.93. The molecule has 0 fully saturated rings. The van der Waals surface area contributed by atoms with Gasteiger partial charge in [0.05, 0.1) is 5.69 Å². The van der Waals surface area contributed by atoms with Crippen LogP contribution in [0.2, 0.25) is 0 Å². The molecule has 2 aromatic rings. The van der Waals surface area contributed by atoms with Crippen molar-refractivity contribution in [1.29, 1.82) is 0 Å². The topological polar surface area (TPSA) is 69.6 Å². The maximum Gasteiger partial charge on any atom is 0.241 e. The first-order chi connectivity index (χ1) is 6.70. The highest BCUT2D eigenvalue weighted by atomic mass is 79.9. The summed E-state index contributed by atoms with van der Waals surface area (Å²) in [5, 5.41) is 6.79. The molecule has 2 heterocycles. The fourth-order valence-electron chi connectivity index (χ4n) is 0.986. The minimum Gasteiger partial charge on any atom is -0.366 e. The molecule has 0 saturated carbocycles. The molecule has 0 saturated heterocycles. The summed E-state index contributed by atoms with van der Waals surface area (Å²) in [6, 6.07) is 0. The van der Waals surface area contributed by atoms with Crippen molar-refractivity contribution in [3.8, 4) is 5.13 Å². The second-order valence-corrected chi connectivity index (χ2v) is 4.17. The molecule has 0 unspecified atom stereocenters. The van der Waals surface area contributed by atoms with E-state index in [4.69, 9.17) is 5.73 Å². The van der Waals surface area contributed by atoms with Gasteiger partial charge in [-0.2, -0.15) is 9.67 Å². The number of nitrogens with zero attached hydrogens (tertiary/aromatic N) is 4. The Bertz CT molecular complexity index is 449. The fraction of sp³-hybridized carbons (Fsp3) is 0.286. The molecule has 2 N–H and O–H groups in total. The molecule has 0 bridgehead atoms. The minimum absolute atomic E-state index is 0.241. The van der Waals surface area contributed by atoms with Crippen molar-refractivity contribution in [3.05, 3.63) is 15.8 Å². The first kappa shape index (κ1) is 9.60. The number of hydrogen-bond acceptors (Lipinski definition) is 5. The average molecular weight is 274 g/mol. The predicted octanol–water partition coefficient (Wildman–Crippen LogP) is 1.63. The molecule has 0 aliphatic heterocycles. The van der Waals surface area contributed by atoms with Crippen molar-refractivity contribution < 1.29 is 0 Å². The van der Waals surface area contributed by atoms with Crippen molar-refractivity contribution in [3.63, 3.8) is 0 Å². The van der Waals surface area contributed by atoms with Gasteiger partial charge in [-0.3, -0.25) is 0 Å². The Labute approximate surface area is 93.1 Å². The number of anilines is 1. The summed E-state index contributed by atoms with van der Waals surface area (Å²) in [5.74, 6) is 0.241. The number of aryl methyl sites for hydroxylation is 1. The maximum atomic E-state index is 5.46. The lowest BCUT2D eigenvalue weighted by atomic mass is 10.4. The van der Waals surface area contributed by atoms with Gasteiger partial charge in [0.15, 0.2) is 0 Å². The van der Waals surface area contributed by atoms with E-state index in [1.54, 1.807) is 4.68 Å². The van der Waals surface area contributed by atoms with Gasteiger partial charge in [0, 0.05) is 5.38 Å². The van der Waals surface area contributed by atoms with E-state index in [9.17, 15) is 0 Å². The van der Waals surface area contributed by atoms with Crippen LogP contribution in [0.5, 0.6) is 0 Å². The Kier molecular flexibility index (Phi) is 2.51. The van der Waals surface area contributed by atoms with Crippen LogP contribution in [0.25, 0.3) is 5.13 Å². The quantitative estimate of drug-likeness (QED) is 0.903. The van der Waals surface area contributed by atoms with Gasteiger partial charge in [-0.05, 0) is 22.4 Å². The van der Waals surface area contributed by atoms with Crippen molar-refractivity contribution in [2.24, 2.45) is 0 Å². The molecule has 0 spiro atoms. The van der Waals surface area contributed by atoms with Crippen molar-refractivity contribution in [2.75, 3.05) is 5.73 Å². The van der Waals surface area contributed by atoms with Crippen LogP contribution in [0.3, 0.4) is 0 Å². The Hall–Kier alpha value is -0.950. The highest BCUT2D eigenvalue weighted by Crippen LogP contribution is 2.19. The van der Waals surface area contributed by atoms with Crippen LogP contribution in [0.4, 0.5) is 5.95 Å². The molecule has 0 atom stereocenters. The van der Waals surface area contributed by atoms with Gasteiger partial charge in [-0.1, -0.05) is 6.92 Å². The van der Waals surface area contributed by atoms with E-state index in [1.165, 1.54) is 11.3 Å². The lowest BCUT2D eigenvalue weighted by molar-refractivity contribution is 0.840. The predicted molar refractivity (Wildman–Crippen MR) is 58.5 cm³/mol. The Balaban J connectivity index is 2.43. The second kappa shape index (κ2) is 3.66. The van der Waals surface area contributed by atoms with E-state index >= 15 is 0 Å². The van der Waals surface area contributed by atoms with Crippen molar-refractivity contribution >= 4 is 33.2 Å². The zero-order valence-electron chi connectivity index (χ0n) is 7.44. The first-order valence-electron chi connectivity index (χ1n) is 4.03. The smallest absolute Gasteiger partial charge is 0.241 e. The molecule has 2 aromatic heterocycles. The average Bonchev–Trinajstić information content (AvgIpc) is 2.71. The molecule has 74 valence electrons. The van der Waals surface area contributed by atoms with E-state index in [0.29, 0.717) is 4.73 Å². The fourth-order valence-corrected chi connectivity index (χ4v) is 2.39. The Morgan fingerprint density at radius 1 is 1.57 bits per heavy atom. The van der Waals surface area contributed by atoms with Gasteiger partial charge >= 0.3 is 0 Å². The molecule has 0 aliphatic carbocycles. The number of nitrogen functional groups attached to an aromatic ring is 1. The Morgan fingerprint density at radius 3 is 2.86 bits per heavy atom. The number of hydrogen-bond donors (Lipinski definition) is 1. The van der Waals surface area contributed by atoms with Crippen LogP contribution in [-0.4, -0.2) is 19.7 Å². The van der Waals surface area contributed by atoms with Crippen LogP contribution < -0.4 is 5.73 Å². The minimum atomic E-state index is 0.241. The van der Waals surface area contributed by atoms with E-state index in [-0.39, 0.29) is 5.95 Å². The highest BCUT2D eigenvalue weighted by molar-refractivity contribution is 9.10. The summed E-state index contributed by atoms with van der Waals surface area (Å²) in [5.41, 5.74) is 6.51. The standard InChI is InChI=1S/C7H8BrN5S/c1-2-4-3-14-7(10-4)13-5(8)11-6(9)12-13/h3H,2H2,1H3,(H2,9,12). The van der Waals surface area contributed by atoms with Gasteiger partial charge < -0.3 is 5.73 Å². The zero-order chi connectivity index (χ0) is 10.1. The lowest BCUT2D eigenvalue weighted by Crippen LogP contribution is -1.97. The molecule has 14 heavy (non-hydrogen) atoms. The summed E-state index contributed by atoms with van der Waals surface area (Å²) >= 11 is 4.78. The van der Waals surface area contributed by atoms with Crippen LogP contribution in [0.1, 0.15) is 12.6 Å². The summed E-state index contributed by atoms with van der Waals surface area (Å²) < 4.78 is 2.16. The normalized spacial score (nSPS) is 10.7. The van der Waals surface area contributed by atoms with Gasteiger partial charge in [0.2, 0.25) is 15.8 Å². The summed E-state index contributed by atoms with van der Waals surface area (Å²) in [6.45, 7) is 2.06. The van der Waals surface area contributed by atoms with Crippen LogP contribution >= 0.6 is 27.3 Å². The van der Waals surface area contributed by atoms with Gasteiger partial charge in [-0.25, -0.2) is 4.98 Å². The molecule has 0 amide bonds. The molecule has 0 aliphatic rings. The molecule has 0 aromatic carbocycles. The van der Waals surface area contributed by atoms with Gasteiger partial charge in [0.1, 0.15) is 0 Å². The molecular weight excluding hydrogens is 266 g/mol. The number of rotatable bonds is 2. The molecule has 7 heteroatoms. The first-order valence-corrected chi connectivity index (χ1v) is 5.70. The largest absolute Gasteiger partial charge is 0.366 e. The van der Waals surface area contributed by atoms with E-state index < -0.39 is 0 Å². The monoisotopic (exact) mass is 273 g/mol. The van der Waals surface area contributed by atoms with E-state index in [1.807, 2.05) is 5.38 Å². The molecule has 2 rings (SSSR count).